The molecule has 0 aliphatic carbocycles. The van der Waals surface area contributed by atoms with Crippen LogP contribution < -0.4 is 10.6 Å². The maximum absolute atomic E-state index is 12.3. The molecule has 0 radical (unpaired) electrons. The molecule has 23 heavy (non-hydrogen) atoms. The Hall–Kier alpha value is -1.83. The van der Waals surface area contributed by atoms with Gasteiger partial charge in [0.05, 0.1) is 13.2 Å². The summed E-state index contributed by atoms with van der Waals surface area (Å²) in [7, 11) is 1.65. The van der Waals surface area contributed by atoms with E-state index in [1.807, 2.05) is 4.90 Å². The van der Waals surface area contributed by atoms with Gasteiger partial charge < -0.3 is 20.2 Å². The van der Waals surface area contributed by atoms with Crippen LogP contribution in [-0.4, -0.2) is 71.8 Å². The Bertz CT molecular complexity index is 468. The summed E-state index contributed by atoms with van der Waals surface area (Å²) in [6.07, 6.45) is 5.24. The Balaban J connectivity index is 2.07. The number of imide groups is 1. The molecule has 0 spiro atoms. The average Bonchev–Trinajstić information content (AvgIpc) is 2.90. The highest BCUT2D eigenvalue weighted by Crippen LogP contribution is 2.21. The number of rotatable bonds is 8. The molecule has 8 heteroatoms. The number of nitrogens with one attached hydrogen (secondary N) is 2. The Labute approximate surface area is 136 Å². The van der Waals surface area contributed by atoms with E-state index in [9.17, 15) is 9.59 Å². The van der Waals surface area contributed by atoms with Gasteiger partial charge in [-0.05, 0) is 6.42 Å². The number of aliphatic imine (C=N–C) groups is 1. The third kappa shape index (κ3) is 3.93. The van der Waals surface area contributed by atoms with Crippen molar-refractivity contribution in [3.63, 3.8) is 0 Å². The fourth-order valence-electron chi connectivity index (χ4n) is 3.01. The average molecular weight is 325 g/mol. The summed E-state index contributed by atoms with van der Waals surface area (Å²) in [6.45, 7) is 3.10. The Morgan fingerprint density at radius 3 is 2.65 bits per heavy atom. The normalized spacial score (nSPS) is 25.6. The summed E-state index contributed by atoms with van der Waals surface area (Å²) in [5.74, 6) is 0.287. The molecule has 0 bridgehead atoms. The first-order valence-corrected chi connectivity index (χ1v) is 8.36. The van der Waals surface area contributed by atoms with E-state index < -0.39 is 18.2 Å². The molecule has 0 saturated carbocycles. The Morgan fingerprint density at radius 2 is 1.96 bits per heavy atom. The monoisotopic (exact) mass is 325 g/mol. The van der Waals surface area contributed by atoms with E-state index in [2.05, 4.69) is 22.5 Å². The van der Waals surface area contributed by atoms with Gasteiger partial charge in [0.1, 0.15) is 6.17 Å². The number of hydrogen-bond acceptors (Lipinski definition) is 4. The number of hydrogen-bond donors (Lipinski definition) is 3. The van der Waals surface area contributed by atoms with E-state index in [-0.39, 0.29) is 19.1 Å². The standard InChI is InChI=1S/C15H27N5O3/c1-3-4-5-6-7-9-20-11-12(17-14(20)16-8-10-21)19(2)15(23)18-13(11)22/h11-12,21H,3-10H2,1-2H3,(H,16,17)(H,18,22,23). The highest BCUT2D eigenvalue weighted by Gasteiger charge is 2.49. The second kappa shape index (κ2) is 8.14. The fraction of sp³-hybridized carbons (Fsp3) is 0.800. The van der Waals surface area contributed by atoms with Gasteiger partial charge in [0.2, 0.25) is 0 Å². The van der Waals surface area contributed by atoms with Crippen LogP contribution in [0.5, 0.6) is 0 Å². The van der Waals surface area contributed by atoms with Crippen molar-refractivity contribution in [1.82, 2.24) is 20.4 Å². The van der Waals surface area contributed by atoms with E-state index in [1.54, 1.807) is 7.05 Å². The molecule has 2 atom stereocenters. The number of carbonyl (C=O) groups excluding carboxylic acids is 2. The topological polar surface area (TPSA) is 97.3 Å². The number of urea groups is 1. The Morgan fingerprint density at radius 1 is 1.22 bits per heavy atom. The first-order valence-electron chi connectivity index (χ1n) is 8.36. The number of nitrogens with zero attached hydrogens (tertiary/aromatic N) is 3. The number of amides is 3. The molecule has 2 aliphatic rings. The van der Waals surface area contributed by atoms with Gasteiger partial charge in [0, 0.05) is 13.6 Å². The van der Waals surface area contributed by atoms with Crippen molar-refractivity contribution in [2.75, 3.05) is 26.7 Å². The van der Waals surface area contributed by atoms with Crippen molar-refractivity contribution in [3.8, 4) is 0 Å². The van der Waals surface area contributed by atoms with Crippen LogP contribution in [0, 0.1) is 0 Å². The SMILES string of the molecule is CCCCCCCN1C(=NCCO)NC2C1C(=O)NC(=O)N2C. The van der Waals surface area contributed by atoms with E-state index in [0.717, 1.165) is 12.8 Å². The molecule has 2 rings (SSSR count). The number of aliphatic hydroxyl groups excluding tert-OH is 1. The summed E-state index contributed by atoms with van der Waals surface area (Å²) in [6, 6.07) is -0.878. The molecule has 0 aromatic rings. The number of guanidine groups is 1. The zero-order chi connectivity index (χ0) is 16.8. The molecule has 3 amide bonds. The first kappa shape index (κ1) is 17.5. The highest BCUT2D eigenvalue weighted by atomic mass is 16.3. The summed E-state index contributed by atoms with van der Waals surface area (Å²) in [5, 5.41) is 14.5. The summed E-state index contributed by atoms with van der Waals surface area (Å²) < 4.78 is 0. The molecule has 130 valence electrons. The van der Waals surface area contributed by atoms with Gasteiger partial charge in [-0.2, -0.15) is 0 Å². The zero-order valence-corrected chi connectivity index (χ0v) is 13.9. The minimum atomic E-state index is -0.471. The van der Waals surface area contributed by atoms with Crippen LogP contribution in [0.15, 0.2) is 4.99 Å². The van der Waals surface area contributed by atoms with Crippen LogP contribution in [0.25, 0.3) is 0 Å². The van der Waals surface area contributed by atoms with Crippen molar-refractivity contribution >= 4 is 17.9 Å². The Kier molecular flexibility index (Phi) is 6.20. The quantitative estimate of drug-likeness (QED) is 0.549. The summed E-state index contributed by atoms with van der Waals surface area (Å²) in [5.41, 5.74) is 0. The lowest BCUT2D eigenvalue weighted by atomic mass is 10.1. The zero-order valence-electron chi connectivity index (χ0n) is 13.9. The van der Waals surface area contributed by atoms with Crippen molar-refractivity contribution < 1.29 is 14.7 Å². The van der Waals surface area contributed by atoms with Gasteiger partial charge >= 0.3 is 6.03 Å². The number of aliphatic hydroxyl groups is 1. The van der Waals surface area contributed by atoms with Crippen molar-refractivity contribution in [1.29, 1.82) is 0 Å². The van der Waals surface area contributed by atoms with E-state index in [4.69, 9.17) is 5.11 Å². The molecule has 2 fully saturated rings. The van der Waals surface area contributed by atoms with Crippen LogP contribution in [-0.2, 0) is 4.79 Å². The lowest BCUT2D eigenvalue weighted by Crippen LogP contribution is -2.64. The maximum Gasteiger partial charge on any atom is 0.325 e. The van der Waals surface area contributed by atoms with Crippen LogP contribution >= 0.6 is 0 Å². The molecule has 0 aromatic carbocycles. The molecular formula is C15H27N5O3. The van der Waals surface area contributed by atoms with Gasteiger partial charge in [-0.3, -0.25) is 15.1 Å². The van der Waals surface area contributed by atoms with E-state index in [0.29, 0.717) is 12.5 Å². The minimum Gasteiger partial charge on any atom is -0.394 e. The minimum absolute atomic E-state index is 0.0498. The highest BCUT2D eigenvalue weighted by molar-refractivity contribution is 6.04. The van der Waals surface area contributed by atoms with Crippen molar-refractivity contribution in [3.05, 3.63) is 0 Å². The second-order valence-corrected chi connectivity index (χ2v) is 5.98. The molecule has 8 nitrogen and oxygen atoms in total. The van der Waals surface area contributed by atoms with Gasteiger partial charge in [0.15, 0.2) is 12.0 Å². The lowest BCUT2D eigenvalue weighted by Gasteiger charge is -2.35. The van der Waals surface area contributed by atoms with Gasteiger partial charge in [-0.1, -0.05) is 32.6 Å². The maximum atomic E-state index is 12.3. The molecular weight excluding hydrogens is 298 g/mol. The molecule has 2 saturated heterocycles. The molecule has 0 aromatic heterocycles. The van der Waals surface area contributed by atoms with E-state index in [1.165, 1.54) is 24.2 Å². The number of likely N-dealkylation sites (N-methyl/N-ethyl adjacent to an activating group) is 1. The number of fused-ring (bicyclic) bond motifs is 1. The smallest absolute Gasteiger partial charge is 0.325 e. The van der Waals surface area contributed by atoms with E-state index >= 15 is 0 Å². The van der Waals surface area contributed by atoms with Crippen LogP contribution in [0.4, 0.5) is 4.79 Å². The fourth-order valence-corrected chi connectivity index (χ4v) is 3.01. The summed E-state index contributed by atoms with van der Waals surface area (Å²) >= 11 is 0. The number of unbranched alkanes of at least 4 members (excludes halogenated alkanes) is 4. The first-order chi connectivity index (χ1) is 11.1. The lowest BCUT2D eigenvalue weighted by molar-refractivity contribution is -0.127. The third-order valence-electron chi connectivity index (χ3n) is 4.28. The predicted molar refractivity (Wildman–Crippen MR) is 86.9 cm³/mol. The van der Waals surface area contributed by atoms with Gasteiger partial charge in [0.25, 0.3) is 5.91 Å². The van der Waals surface area contributed by atoms with Gasteiger partial charge in [-0.15, -0.1) is 0 Å². The third-order valence-corrected chi connectivity index (χ3v) is 4.28. The van der Waals surface area contributed by atoms with Crippen LogP contribution in [0.1, 0.15) is 39.0 Å². The largest absolute Gasteiger partial charge is 0.394 e. The molecule has 2 unspecified atom stereocenters. The molecule has 2 aliphatic heterocycles. The van der Waals surface area contributed by atoms with Crippen LogP contribution in [0.2, 0.25) is 0 Å². The molecule has 2 heterocycles. The van der Waals surface area contributed by atoms with Crippen molar-refractivity contribution in [2.24, 2.45) is 4.99 Å². The second-order valence-electron chi connectivity index (χ2n) is 5.98. The van der Waals surface area contributed by atoms with Gasteiger partial charge in [-0.25, -0.2) is 4.79 Å². The number of carbonyl (C=O) groups is 2. The van der Waals surface area contributed by atoms with Crippen molar-refractivity contribution in [2.45, 2.75) is 51.2 Å². The molecule has 3 N–H and O–H groups in total. The van der Waals surface area contributed by atoms with Crippen LogP contribution in [0.3, 0.4) is 0 Å². The summed E-state index contributed by atoms with van der Waals surface area (Å²) in [4.78, 5) is 31.7. The predicted octanol–water partition coefficient (Wildman–Crippen LogP) is 0.0866.